The van der Waals surface area contributed by atoms with Crippen LogP contribution in [0.3, 0.4) is 0 Å². The molecule has 0 radical (unpaired) electrons. The highest BCUT2D eigenvalue weighted by molar-refractivity contribution is 7.89. The van der Waals surface area contributed by atoms with E-state index in [-0.39, 0.29) is 29.0 Å². The maximum absolute atomic E-state index is 12.3. The van der Waals surface area contributed by atoms with Crippen LogP contribution >= 0.6 is 0 Å². The Bertz CT molecular complexity index is 932. The standard InChI is InChI=1S/C20H24N2O6S/c1-14(19(23)22-16-5-2-3-6-16)28-20(24)15-8-10-18(11-9-15)29(25,26)21-13-17-7-4-12-27-17/h4,7-12,14,16,21H,2-3,5-6,13H2,1H3,(H,22,23)/t14-/m1/s1. The third-order valence-corrected chi connectivity index (χ3v) is 6.19. The first-order chi connectivity index (χ1) is 13.8. The van der Waals surface area contributed by atoms with Crippen molar-refractivity contribution in [3.63, 3.8) is 0 Å². The van der Waals surface area contributed by atoms with Crippen LogP contribution in [-0.4, -0.2) is 32.4 Å². The van der Waals surface area contributed by atoms with Gasteiger partial charge in [-0.2, -0.15) is 0 Å². The second kappa shape index (κ2) is 9.23. The van der Waals surface area contributed by atoms with Crippen LogP contribution in [0.15, 0.2) is 52.0 Å². The van der Waals surface area contributed by atoms with Gasteiger partial charge in [0.2, 0.25) is 10.0 Å². The van der Waals surface area contributed by atoms with E-state index < -0.39 is 22.1 Å². The Balaban J connectivity index is 1.55. The fraction of sp³-hybridized carbons (Fsp3) is 0.400. The van der Waals surface area contributed by atoms with Crippen molar-refractivity contribution in [2.24, 2.45) is 0 Å². The number of amides is 1. The van der Waals surface area contributed by atoms with Crippen LogP contribution in [-0.2, 0) is 26.1 Å². The zero-order valence-corrected chi connectivity index (χ0v) is 16.9. The van der Waals surface area contributed by atoms with Gasteiger partial charge in [0.15, 0.2) is 6.10 Å². The molecule has 156 valence electrons. The summed E-state index contributed by atoms with van der Waals surface area (Å²) in [6.07, 6.45) is 4.59. The number of rotatable bonds is 8. The average Bonchev–Trinajstić information content (AvgIpc) is 3.40. The first-order valence-corrected chi connectivity index (χ1v) is 11.0. The summed E-state index contributed by atoms with van der Waals surface area (Å²) in [6, 6.07) is 8.79. The van der Waals surface area contributed by atoms with Crippen LogP contribution in [0.5, 0.6) is 0 Å². The summed E-state index contributed by atoms with van der Waals surface area (Å²) >= 11 is 0. The zero-order chi connectivity index (χ0) is 20.9. The second-order valence-corrected chi connectivity index (χ2v) is 8.73. The van der Waals surface area contributed by atoms with Gasteiger partial charge < -0.3 is 14.5 Å². The maximum Gasteiger partial charge on any atom is 0.338 e. The Morgan fingerprint density at radius 3 is 2.48 bits per heavy atom. The average molecular weight is 420 g/mol. The van der Waals surface area contributed by atoms with Crippen molar-refractivity contribution in [3.05, 3.63) is 54.0 Å². The Labute approximate surface area is 169 Å². The molecule has 1 heterocycles. The van der Waals surface area contributed by atoms with Crippen LogP contribution in [0.1, 0.15) is 48.7 Å². The molecule has 2 N–H and O–H groups in total. The van der Waals surface area contributed by atoms with Gasteiger partial charge in [-0.1, -0.05) is 12.8 Å². The van der Waals surface area contributed by atoms with E-state index in [0.717, 1.165) is 25.7 Å². The van der Waals surface area contributed by atoms with Crippen LogP contribution in [0.2, 0.25) is 0 Å². The Kier molecular flexibility index (Phi) is 6.71. The zero-order valence-electron chi connectivity index (χ0n) is 16.1. The first kappa shape index (κ1) is 21.1. The second-order valence-electron chi connectivity index (χ2n) is 6.97. The number of benzene rings is 1. The van der Waals surface area contributed by atoms with Gasteiger partial charge in [0, 0.05) is 6.04 Å². The minimum Gasteiger partial charge on any atom is -0.468 e. The molecule has 1 atom stereocenters. The number of ether oxygens (including phenoxy) is 1. The molecule has 0 aliphatic heterocycles. The summed E-state index contributed by atoms with van der Waals surface area (Å²) in [5.41, 5.74) is 0.163. The summed E-state index contributed by atoms with van der Waals surface area (Å²) in [6.45, 7) is 1.53. The van der Waals surface area contributed by atoms with E-state index in [4.69, 9.17) is 9.15 Å². The van der Waals surface area contributed by atoms with Gasteiger partial charge in [-0.25, -0.2) is 17.9 Å². The molecule has 2 aromatic rings. The quantitative estimate of drug-likeness (QED) is 0.634. The lowest BCUT2D eigenvalue weighted by molar-refractivity contribution is -0.129. The van der Waals surface area contributed by atoms with E-state index >= 15 is 0 Å². The molecule has 1 aromatic carbocycles. The molecular weight excluding hydrogens is 396 g/mol. The Morgan fingerprint density at radius 2 is 1.86 bits per heavy atom. The maximum atomic E-state index is 12.3. The lowest BCUT2D eigenvalue weighted by atomic mass is 10.2. The predicted molar refractivity (Wildman–Crippen MR) is 104 cm³/mol. The first-order valence-electron chi connectivity index (χ1n) is 9.48. The van der Waals surface area contributed by atoms with E-state index in [1.54, 1.807) is 12.1 Å². The fourth-order valence-electron chi connectivity index (χ4n) is 3.10. The molecule has 1 saturated carbocycles. The molecule has 1 aromatic heterocycles. The number of carbonyl (C=O) groups excluding carboxylic acids is 2. The highest BCUT2D eigenvalue weighted by Crippen LogP contribution is 2.18. The van der Waals surface area contributed by atoms with Gasteiger partial charge >= 0.3 is 5.97 Å². The van der Waals surface area contributed by atoms with E-state index in [0.29, 0.717) is 5.76 Å². The molecule has 3 rings (SSSR count). The van der Waals surface area contributed by atoms with Gasteiger partial charge in [-0.3, -0.25) is 4.79 Å². The lowest BCUT2D eigenvalue weighted by Crippen LogP contribution is -2.40. The van der Waals surface area contributed by atoms with Gasteiger partial charge in [-0.05, 0) is 56.2 Å². The largest absolute Gasteiger partial charge is 0.468 e. The molecular formula is C20H24N2O6S. The number of carbonyl (C=O) groups is 2. The third kappa shape index (κ3) is 5.68. The molecule has 9 heteroatoms. The summed E-state index contributed by atoms with van der Waals surface area (Å²) in [5.74, 6) is -0.531. The van der Waals surface area contributed by atoms with Gasteiger partial charge in [0.25, 0.3) is 5.91 Å². The molecule has 1 amide bonds. The topological polar surface area (TPSA) is 115 Å². The summed E-state index contributed by atoms with van der Waals surface area (Å²) in [4.78, 5) is 24.4. The van der Waals surface area contributed by atoms with Gasteiger partial charge in [0.05, 0.1) is 23.3 Å². The molecule has 1 aliphatic carbocycles. The Morgan fingerprint density at radius 1 is 1.17 bits per heavy atom. The van der Waals surface area contributed by atoms with Crippen molar-refractivity contribution in [1.29, 1.82) is 0 Å². The summed E-state index contributed by atoms with van der Waals surface area (Å²) < 4.78 is 37.3. The highest BCUT2D eigenvalue weighted by atomic mass is 32.2. The number of sulfonamides is 1. The SMILES string of the molecule is C[C@@H](OC(=O)c1ccc(S(=O)(=O)NCc2ccco2)cc1)C(=O)NC1CCCC1. The molecule has 8 nitrogen and oxygen atoms in total. The number of esters is 1. The number of hydrogen-bond donors (Lipinski definition) is 2. The van der Waals surface area contributed by atoms with Crippen LogP contribution < -0.4 is 10.0 Å². The number of nitrogens with one attached hydrogen (secondary N) is 2. The van der Waals surface area contributed by atoms with Crippen molar-refractivity contribution in [3.8, 4) is 0 Å². The van der Waals surface area contributed by atoms with E-state index in [2.05, 4.69) is 10.0 Å². The third-order valence-electron chi connectivity index (χ3n) is 4.77. The fourth-order valence-corrected chi connectivity index (χ4v) is 4.10. The van der Waals surface area contributed by atoms with Crippen molar-refractivity contribution in [1.82, 2.24) is 10.0 Å². The molecule has 1 fully saturated rings. The van der Waals surface area contributed by atoms with Crippen LogP contribution in [0.25, 0.3) is 0 Å². The normalized spacial score (nSPS) is 15.8. The Hall–Kier alpha value is -2.65. The molecule has 0 spiro atoms. The van der Waals surface area contributed by atoms with Crippen LogP contribution in [0.4, 0.5) is 0 Å². The molecule has 0 unspecified atom stereocenters. The monoisotopic (exact) mass is 420 g/mol. The van der Waals surface area contributed by atoms with E-state index in [1.807, 2.05) is 0 Å². The predicted octanol–water partition coefficient (Wildman–Crippen LogP) is 2.36. The molecule has 1 aliphatic rings. The molecule has 0 bridgehead atoms. The van der Waals surface area contributed by atoms with Crippen molar-refractivity contribution in [2.45, 2.75) is 56.2 Å². The summed E-state index contributed by atoms with van der Waals surface area (Å²) in [5, 5.41) is 2.88. The van der Waals surface area contributed by atoms with Gasteiger partial charge in [-0.15, -0.1) is 0 Å². The minimum atomic E-state index is -3.75. The highest BCUT2D eigenvalue weighted by Gasteiger charge is 2.24. The minimum absolute atomic E-state index is 0.00707. The van der Waals surface area contributed by atoms with Crippen LogP contribution in [0, 0.1) is 0 Å². The molecule has 0 saturated heterocycles. The number of hydrogen-bond acceptors (Lipinski definition) is 6. The van der Waals surface area contributed by atoms with Crippen molar-refractivity contribution < 1.29 is 27.2 Å². The van der Waals surface area contributed by atoms with E-state index in [9.17, 15) is 18.0 Å². The van der Waals surface area contributed by atoms with Crippen molar-refractivity contribution in [2.75, 3.05) is 0 Å². The lowest BCUT2D eigenvalue weighted by Gasteiger charge is -2.17. The van der Waals surface area contributed by atoms with E-state index in [1.165, 1.54) is 37.5 Å². The van der Waals surface area contributed by atoms with Gasteiger partial charge in [0.1, 0.15) is 5.76 Å². The smallest absolute Gasteiger partial charge is 0.338 e. The number of furan rings is 1. The van der Waals surface area contributed by atoms with Crippen molar-refractivity contribution >= 4 is 21.9 Å². The molecule has 29 heavy (non-hydrogen) atoms. The summed E-state index contributed by atoms with van der Waals surface area (Å²) in [7, 11) is -3.75.